The zero-order valence-corrected chi connectivity index (χ0v) is 16.9. The number of amides is 2. The molecule has 30 heavy (non-hydrogen) atoms. The highest BCUT2D eigenvalue weighted by atomic mass is 19.4. The highest BCUT2D eigenvalue weighted by Gasteiger charge is 2.34. The van der Waals surface area contributed by atoms with E-state index >= 15 is 0 Å². The Bertz CT molecular complexity index is 981. The van der Waals surface area contributed by atoms with Crippen molar-refractivity contribution in [1.82, 2.24) is 9.47 Å². The first kappa shape index (κ1) is 21.5. The zero-order chi connectivity index (χ0) is 21.7. The molecule has 2 aromatic carbocycles. The maximum absolute atomic E-state index is 13.3. The molecule has 1 heterocycles. The Balaban J connectivity index is 1.78. The molecule has 4 nitrogen and oxygen atoms in total. The van der Waals surface area contributed by atoms with Crippen molar-refractivity contribution in [3.63, 3.8) is 0 Å². The van der Waals surface area contributed by atoms with Gasteiger partial charge in [0.2, 0.25) is 0 Å². The molecule has 2 amide bonds. The summed E-state index contributed by atoms with van der Waals surface area (Å²) in [6.07, 6.45) is -2.62. The van der Waals surface area contributed by atoms with Crippen molar-refractivity contribution in [2.45, 2.75) is 39.2 Å². The molecular formula is C23H24F3N3O. The van der Waals surface area contributed by atoms with Crippen LogP contribution in [0.1, 0.15) is 30.7 Å². The third kappa shape index (κ3) is 5.23. The Labute approximate surface area is 173 Å². The molecule has 0 saturated carbocycles. The van der Waals surface area contributed by atoms with E-state index in [1.165, 1.54) is 23.1 Å². The van der Waals surface area contributed by atoms with Crippen LogP contribution in [-0.4, -0.2) is 21.5 Å². The molecule has 0 atom stereocenters. The summed E-state index contributed by atoms with van der Waals surface area (Å²) in [7, 11) is 0. The molecule has 3 aromatic rings. The molecule has 0 aliphatic carbocycles. The smallest absolute Gasteiger partial charge is 0.345 e. The maximum Gasteiger partial charge on any atom is 0.418 e. The summed E-state index contributed by atoms with van der Waals surface area (Å²) in [6, 6.07) is 17.9. The Hall–Kier alpha value is -3.22. The fourth-order valence-corrected chi connectivity index (χ4v) is 3.22. The summed E-state index contributed by atoms with van der Waals surface area (Å²) in [5, 5.41) is 2.44. The molecule has 1 N–H and O–H groups in total. The molecule has 0 spiro atoms. The SMILES string of the molecule is CC(C)N(Cc1cccn1Cc1ccccc1)C(=O)Nc1ccccc1C(F)(F)F. The van der Waals surface area contributed by atoms with Crippen molar-refractivity contribution in [3.8, 4) is 0 Å². The summed E-state index contributed by atoms with van der Waals surface area (Å²) >= 11 is 0. The number of nitrogens with zero attached hydrogens (tertiary/aromatic N) is 2. The lowest BCUT2D eigenvalue weighted by Crippen LogP contribution is -2.40. The summed E-state index contributed by atoms with van der Waals surface area (Å²) in [6.45, 7) is 4.59. The van der Waals surface area contributed by atoms with Crippen LogP contribution >= 0.6 is 0 Å². The summed E-state index contributed by atoms with van der Waals surface area (Å²) in [4.78, 5) is 14.4. The largest absolute Gasteiger partial charge is 0.418 e. The van der Waals surface area contributed by atoms with E-state index in [1.54, 1.807) is 0 Å². The highest BCUT2D eigenvalue weighted by Crippen LogP contribution is 2.34. The molecule has 0 saturated heterocycles. The lowest BCUT2D eigenvalue weighted by atomic mass is 10.1. The minimum atomic E-state index is -4.54. The number of carbonyl (C=O) groups excluding carboxylic acids is 1. The number of anilines is 1. The topological polar surface area (TPSA) is 37.3 Å². The number of para-hydroxylation sites is 1. The standard InChI is InChI=1S/C23H24F3N3O/c1-17(2)29(22(30)27-21-13-7-6-12-20(21)23(24,25)26)16-19-11-8-14-28(19)15-18-9-4-3-5-10-18/h3-14,17H,15-16H2,1-2H3,(H,27,30). The van der Waals surface area contributed by atoms with Crippen molar-refractivity contribution >= 4 is 11.7 Å². The van der Waals surface area contributed by atoms with Crippen LogP contribution in [0.25, 0.3) is 0 Å². The van der Waals surface area contributed by atoms with Crippen LogP contribution in [0, 0.1) is 0 Å². The third-order valence-electron chi connectivity index (χ3n) is 4.81. The van der Waals surface area contributed by atoms with E-state index in [0.717, 1.165) is 17.3 Å². The number of rotatable bonds is 6. The maximum atomic E-state index is 13.3. The van der Waals surface area contributed by atoms with Gasteiger partial charge < -0.3 is 14.8 Å². The monoisotopic (exact) mass is 415 g/mol. The van der Waals surface area contributed by atoms with Gasteiger partial charge in [0.05, 0.1) is 17.8 Å². The Morgan fingerprint density at radius 1 is 1.00 bits per heavy atom. The highest BCUT2D eigenvalue weighted by molar-refractivity contribution is 5.90. The normalized spacial score (nSPS) is 11.5. The second-order valence-electron chi connectivity index (χ2n) is 7.31. The van der Waals surface area contributed by atoms with Crippen LogP contribution < -0.4 is 5.32 Å². The molecule has 0 aliphatic heterocycles. The summed E-state index contributed by atoms with van der Waals surface area (Å²) < 4.78 is 41.8. The number of hydrogen-bond acceptors (Lipinski definition) is 1. The Kier molecular flexibility index (Phi) is 6.50. The molecule has 0 radical (unpaired) electrons. The number of nitrogens with one attached hydrogen (secondary N) is 1. The number of halogens is 3. The molecule has 0 unspecified atom stereocenters. The number of carbonyl (C=O) groups is 1. The van der Waals surface area contributed by atoms with Crippen molar-refractivity contribution in [3.05, 3.63) is 89.7 Å². The van der Waals surface area contributed by atoms with Gasteiger partial charge in [0.15, 0.2) is 0 Å². The van der Waals surface area contributed by atoms with Gasteiger partial charge >= 0.3 is 12.2 Å². The van der Waals surface area contributed by atoms with E-state index < -0.39 is 17.8 Å². The van der Waals surface area contributed by atoms with E-state index in [-0.39, 0.29) is 18.3 Å². The number of benzene rings is 2. The molecule has 158 valence electrons. The summed E-state index contributed by atoms with van der Waals surface area (Å²) in [5.41, 5.74) is 0.899. The van der Waals surface area contributed by atoms with Gasteiger partial charge in [-0.15, -0.1) is 0 Å². The van der Waals surface area contributed by atoms with Gasteiger partial charge in [-0.25, -0.2) is 4.79 Å². The lowest BCUT2D eigenvalue weighted by Gasteiger charge is -2.28. The first-order valence-corrected chi connectivity index (χ1v) is 9.67. The molecule has 7 heteroatoms. The Morgan fingerprint density at radius 2 is 1.67 bits per heavy atom. The molecular weight excluding hydrogens is 391 g/mol. The molecule has 0 bridgehead atoms. The molecule has 1 aromatic heterocycles. The van der Waals surface area contributed by atoms with Gasteiger partial charge in [0, 0.05) is 24.5 Å². The second-order valence-corrected chi connectivity index (χ2v) is 7.31. The van der Waals surface area contributed by atoms with Crippen molar-refractivity contribution in [2.24, 2.45) is 0 Å². The van der Waals surface area contributed by atoms with Gasteiger partial charge in [0.25, 0.3) is 0 Å². The van der Waals surface area contributed by atoms with Crippen LogP contribution in [0.5, 0.6) is 0 Å². The van der Waals surface area contributed by atoms with Crippen LogP contribution in [0.3, 0.4) is 0 Å². The fourth-order valence-electron chi connectivity index (χ4n) is 3.22. The number of alkyl halides is 3. The van der Waals surface area contributed by atoms with Crippen LogP contribution in [-0.2, 0) is 19.3 Å². The van der Waals surface area contributed by atoms with Gasteiger partial charge in [-0.3, -0.25) is 0 Å². The predicted molar refractivity (Wildman–Crippen MR) is 111 cm³/mol. The predicted octanol–water partition coefficient (Wildman–Crippen LogP) is 6.00. The fraction of sp³-hybridized carbons (Fsp3) is 0.261. The average molecular weight is 415 g/mol. The van der Waals surface area contributed by atoms with Gasteiger partial charge in [0.1, 0.15) is 0 Å². The van der Waals surface area contributed by atoms with Gasteiger partial charge in [-0.2, -0.15) is 13.2 Å². The van der Waals surface area contributed by atoms with E-state index in [4.69, 9.17) is 0 Å². The third-order valence-corrected chi connectivity index (χ3v) is 4.81. The van der Waals surface area contributed by atoms with Gasteiger partial charge in [-0.05, 0) is 43.7 Å². The molecule has 3 rings (SSSR count). The van der Waals surface area contributed by atoms with E-state index in [9.17, 15) is 18.0 Å². The first-order chi connectivity index (χ1) is 14.3. The van der Waals surface area contributed by atoms with E-state index in [1.807, 2.05) is 67.1 Å². The minimum absolute atomic E-state index is 0.205. The zero-order valence-electron chi connectivity index (χ0n) is 16.9. The molecule has 0 fully saturated rings. The van der Waals surface area contributed by atoms with Crippen LogP contribution in [0.4, 0.5) is 23.7 Å². The number of urea groups is 1. The number of hydrogen-bond donors (Lipinski definition) is 1. The number of aromatic nitrogens is 1. The van der Waals surface area contributed by atoms with E-state index in [2.05, 4.69) is 5.32 Å². The quantitative estimate of drug-likeness (QED) is 0.527. The summed E-state index contributed by atoms with van der Waals surface area (Å²) in [5.74, 6) is 0. The van der Waals surface area contributed by atoms with Gasteiger partial charge in [-0.1, -0.05) is 42.5 Å². The van der Waals surface area contributed by atoms with Crippen molar-refractivity contribution in [1.29, 1.82) is 0 Å². The van der Waals surface area contributed by atoms with E-state index in [0.29, 0.717) is 6.54 Å². The lowest BCUT2D eigenvalue weighted by molar-refractivity contribution is -0.136. The van der Waals surface area contributed by atoms with Crippen LogP contribution in [0.2, 0.25) is 0 Å². The minimum Gasteiger partial charge on any atom is -0.345 e. The second kappa shape index (κ2) is 9.07. The first-order valence-electron chi connectivity index (χ1n) is 9.67. The van der Waals surface area contributed by atoms with Crippen molar-refractivity contribution in [2.75, 3.05) is 5.32 Å². The van der Waals surface area contributed by atoms with Crippen molar-refractivity contribution < 1.29 is 18.0 Å². The Morgan fingerprint density at radius 3 is 2.33 bits per heavy atom. The van der Waals surface area contributed by atoms with Crippen LogP contribution in [0.15, 0.2) is 72.9 Å². The molecule has 0 aliphatic rings. The average Bonchev–Trinajstić information content (AvgIpc) is 3.13.